The van der Waals surface area contributed by atoms with Crippen molar-refractivity contribution in [1.29, 1.82) is 0 Å². The molecule has 1 unspecified atom stereocenters. The first-order valence-electron chi connectivity index (χ1n) is 3.40. The van der Waals surface area contributed by atoms with Crippen LogP contribution in [0, 0.1) is 0 Å². The molecule has 0 aromatic carbocycles. The fourth-order valence-corrected chi connectivity index (χ4v) is 0.887. The number of nitrogens with one attached hydrogen (secondary N) is 1. The zero-order valence-electron chi connectivity index (χ0n) is 6.70. The first-order valence-corrected chi connectivity index (χ1v) is 3.40. The number of rotatable bonds is 2. The third-order valence-electron chi connectivity index (χ3n) is 1.73. The summed E-state index contributed by atoms with van der Waals surface area (Å²) in [4.78, 5) is 0. The van der Waals surface area contributed by atoms with E-state index in [0.717, 1.165) is 5.56 Å². The predicted octanol–water partition coefficient (Wildman–Crippen LogP) is -0.473. The van der Waals surface area contributed by atoms with Crippen LogP contribution in [0.15, 0.2) is 6.20 Å². The number of aryl methyl sites for hydroxylation is 1. The van der Waals surface area contributed by atoms with Crippen LogP contribution in [0.5, 0.6) is 0 Å². The minimum absolute atomic E-state index is 0.0451. The number of hydrogen-bond acceptors (Lipinski definition) is 4. The molecule has 0 aliphatic heterocycles. The van der Waals surface area contributed by atoms with Crippen LogP contribution in [0.25, 0.3) is 0 Å². The van der Waals surface area contributed by atoms with Gasteiger partial charge >= 0.3 is 0 Å². The standard InChI is InChI=1S/C6H13N5/c1-4(10-8)5-3-9-11(2)6(5)7/h3-4,10H,7-8H2,1-2H3. The number of anilines is 1. The minimum Gasteiger partial charge on any atom is -0.384 e. The van der Waals surface area contributed by atoms with Crippen LogP contribution in [-0.4, -0.2) is 9.78 Å². The SMILES string of the molecule is CC(NN)c1cnn(C)c1N. The maximum absolute atomic E-state index is 5.68. The molecule has 0 saturated carbocycles. The van der Waals surface area contributed by atoms with Crippen molar-refractivity contribution in [2.45, 2.75) is 13.0 Å². The summed E-state index contributed by atoms with van der Waals surface area (Å²) in [6, 6.07) is 0.0451. The normalized spacial score (nSPS) is 13.4. The van der Waals surface area contributed by atoms with Gasteiger partial charge in [-0.15, -0.1) is 0 Å². The summed E-state index contributed by atoms with van der Waals surface area (Å²) in [7, 11) is 1.79. The summed E-state index contributed by atoms with van der Waals surface area (Å²) in [6.45, 7) is 1.92. The number of nitrogens with zero attached hydrogens (tertiary/aromatic N) is 2. The Hall–Kier alpha value is -1.07. The molecule has 1 rings (SSSR count). The van der Waals surface area contributed by atoms with Gasteiger partial charge in [-0.05, 0) is 6.92 Å². The predicted molar refractivity (Wildman–Crippen MR) is 43.4 cm³/mol. The van der Waals surface area contributed by atoms with E-state index in [1.165, 1.54) is 0 Å². The molecule has 0 spiro atoms. The Morgan fingerprint density at radius 1 is 1.73 bits per heavy atom. The van der Waals surface area contributed by atoms with Crippen LogP contribution in [0.2, 0.25) is 0 Å². The summed E-state index contributed by atoms with van der Waals surface area (Å²) < 4.78 is 1.61. The van der Waals surface area contributed by atoms with Crippen molar-refractivity contribution < 1.29 is 0 Å². The van der Waals surface area contributed by atoms with Gasteiger partial charge in [0.15, 0.2) is 0 Å². The molecule has 0 amide bonds. The van der Waals surface area contributed by atoms with Crippen LogP contribution in [0.1, 0.15) is 18.5 Å². The molecule has 0 aliphatic rings. The Kier molecular flexibility index (Phi) is 2.11. The number of hydrogen-bond donors (Lipinski definition) is 3. The molecular formula is C6H13N5. The van der Waals surface area contributed by atoms with Gasteiger partial charge in [-0.2, -0.15) is 5.10 Å². The van der Waals surface area contributed by atoms with Gasteiger partial charge in [0.25, 0.3) is 0 Å². The molecule has 1 aromatic heterocycles. The van der Waals surface area contributed by atoms with E-state index in [-0.39, 0.29) is 6.04 Å². The summed E-state index contributed by atoms with van der Waals surface area (Å²) in [5.74, 6) is 5.89. The molecule has 62 valence electrons. The van der Waals surface area contributed by atoms with Crippen molar-refractivity contribution in [1.82, 2.24) is 15.2 Å². The lowest BCUT2D eigenvalue weighted by atomic mass is 10.2. The highest BCUT2D eigenvalue weighted by molar-refractivity contribution is 5.40. The first kappa shape index (κ1) is 8.03. The van der Waals surface area contributed by atoms with E-state index >= 15 is 0 Å². The van der Waals surface area contributed by atoms with Gasteiger partial charge in [0.2, 0.25) is 0 Å². The number of hydrazine groups is 1. The molecule has 1 atom stereocenters. The van der Waals surface area contributed by atoms with E-state index in [0.29, 0.717) is 5.82 Å². The maximum Gasteiger partial charge on any atom is 0.126 e. The Morgan fingerprint density at radius 3 is 2.73 bits per heavy atom. The summed E-state index contributed by atoms with van der Waals surface area (Å²) in [5, 5.41) is 3.98. The van der Waals surface area contributed by atoms with Crippen molar-refractivity contribution in [2.75, 3.05) is 5.73 Å². The van der Waals surface area contributed by atoms with E-state index in [4.69, 9.17) is 11.6 Å². The fourth-order valence-electron chi connectivity index (χ4n) is 0.887. The molecule has 1 heterocycles. The maximum atomic E-state index is 5.68. The van der Waals surface area contributed by atoms with Crippen LogP contribution >= 0.6 is 0 Å². The van der Waals surface area contributed by atoms with Crippen molar-refractivity contribution in [2.24, 2.45) is 12.9 Å². The molecule has 5 N–H and O–H groups in total. The van der Waals surface area contributed by atoms with Gasteiger partial charge in [0.1, 0.15) is 5.82 Å². The highest BCUT2D eigenvalue weighted by Gasteiger charge is 2.09. The lowest BCUT2D eigenvalue weighted by Gasteiger charge is -2.07. The number of aromatic nitrogens is 2. The number of nitrogen functional groups attached to an aromatic ring is 1. The Balaban J connectivity index is 2.94. The molecule has 5 nitrogen and oxygen atoms in total. The smallest absolute Gasteiger partial charge is 0.126 e. The van der Waals surface area contributed by atoms with Gasteiger partial charge in [-0.25, -0.2) is 0 Å². The van der Waals surface area contributed by atoms with Gasteiger partial charge in [-0.1, -0.05) is 0 Å². The lowest BCUT2D eigenvalue weighted by molar-refractivity contribution is 0.604. The summed E-state index contributed by atoms with van der Waals surface area (Å²) in [6.07, 6.45) is 1.71. The van der Waals surface area contributed by atoms with E-state index in [1.807, 2.05) is 6.92 Å². The van der Waals surface area contributed by atoms with Crippen molar-refractivity contribution in [3.05, 3.63) is 11.8 Å². The molecule has 0 bridgehead atoms. The zero-order chi connectivity index (χ0) is 8.43. The average Bonchev–Trinajstić information content (AvgIpc) is 2.32. The van der Waals surface area contributed by atoms with Crippen LogP contribution in [-0.2, 0) is 7.05 Å². The second-order valence-electron chi connectivity index (χ2n) is 2.50. The monoisotopic (exact) mass is 155 g/mol. The quantitative estimate of drug-likeness (QED) is 0.398. The molecular weight excluding hydrogens is 142 g/mol. The molecule has 0 fully saturated rings. The lowest BCUT2D eigenvalue weighted by Crippen LogP contribution is -2.26. The third-order valence-corrected chi connectivity index (χ3v) is 1.73. The molecule has 0 saturated heterocycles. The topological polar surface area (TPSA) is 81.9 Å². The van der Waals surface area contributed by atoms with Crippen LogP contribution in [0.3, 0.4) is 0 Å². The van der Waals surface area contributed by atoms with Crippen molar-refractivity contribution >= 4 is 5.82 Å². The second kappa shape index (κ2) is 2.89. The molecule has 0 aliphatic carbocycles. The largest absolute Gasteiger partial charge is 0.384 e. The first-order chi connectivity index (χ1) is 5.16. The number of nitrogens with two attached hydrogens (primary N) is 2. The molecule has 5 heteroatoms. The van der Waals surface area contributed by atoms with Gasteiger partial charge in [-0.3, -0.25) is 16.0 Å². The third kappa shape index (κ3) is 1.33. The minimum atomic E-state index is 0.0451. The highest BCUT2D eigenvalue weighted by Crippen LogP contribution is 2.17. The Labute approximate surface area is 65.3 Å². The van der Waals surface area contributed by atoms with E-state index in [9.17, 15) is 0 Å². The van der Waals surface area contributed by atoms with Crippen molar-refractivity contribution in [3.8, 4) is 0 Å². The van der Waals surface area contributed by atoms with Gasteiger partial charge in [0, 0.05) is 18.7 Å². The average molecular weight is 155 g/mol. The molecule has 0 radical (unpaired) electrons. The van der Waals surface area contributed by atoms with E-state index < -0.39 is 0 Å². The summed E-state index contributed by atoms with van der Waals surface area (Å²) in [5.41, 5.74) is 9.21. The highest BCUT2D eigenvalue weighted by atomic mass is 15.3. The molecule has 11 heavy (non-hydrogen) atoms. The fraction of sp³-hybridized carbons (Fsp3) is 0.500. The Bertz CT molecular complexity index is 241. The molecule has 1 aromatic rings. The van der Waals surface area contributed by atoms with Crippen molar-refractivity contribution in [3.63, 3.8) is 0 Å². The Morgan fingerprint density at radius 2 is 2.36 bits per heavy atom. The van der Waals surface area contributed by atoms with Crippen LogP contribution < -0.4 is 17.0 Å². The second-order valence-corrected chi connectivity index (χ2v) is 2.50. The van der Waals surface area contributed by atoms with E-state index in [1.54, 1.807) is 17.9 Å². The summed E-state index contributed by atoms with van der Waals surface area (Å²) >= 11 is 0. The zero-order valence-corrected chi connectivity index (χ0v) is 6.70. The van der Waals surface area contributed by atoms with Crippen LogP contribution in [0.4, 0.5) is 5.82 Å². The van der Waals surface area contributed by atoms with Gasteiger partial charge in [0.05, 0.1) is 6.20 Å². The van der Waals surface area contributed by atoms with Gasteiger partial charge < -0.3 is 5.73 Å². The van der Waals surface area contributed by atoms with E-state index in [2.05, 4.69) is 10.5 Å².